The summed E-state index contributed by atoms with van der Waals surface area (Å²) in [7, 11) is 2.55. The lowest BCUT2D eigenvalue weighted by Gasteiger charge is -2.37. The van der Waals surface area contributed by atoms with Crippen molar-refractivity contribution < 1.29 is 37.3 Å². The van der Waals surface area contributed by atoms with Gasteiger partial charge < -0.3 is 38.8 Å². The Balaban J connectivity index is 1.26. The minimum Gasteiger partial charge on any atom is -0.494 e. The normalized spacial score (nSPS) is 13.2. The monoisotopic (exact) mass is 667 g/mol. The molecule has 1 saturated heterocycles. The zero-order valence-corrected chi connectivity index (χ0v) is 27.5. The second kappa shape index (κ2) is 15.0. The molecule has 1 aliphatic rings. The van der Waals surface area contributed by atoms with Crippen LogP contribution in [0, 0.1) is 11.6 Å². The number of hydrogen-bond acceptors (Lipinski definition) is 11. The average Bonchev–Trinajstić information content (AvgIpc) is 3.59. The Hall–Kier alpha value is -5.34. The number of methoxy groups -OCH3 is 2. The van der Waals surface area contributed by atoms with Gasteiger partial charge in [-0.25, -0.2) is 23.5 Å². The Kier molecular flexibility index (Phi) is 10.7. The van der Waals surface area contributed by atoms with Gasteiger partial charge in [-0.05, 0) is 39.0 Å². The predicted octanol–water partition coefficient (Wildman–Crippen LogP) is 5.43. The van der Waals surface area contributed by atoms with Crippen LogP contribution in [-0.2, 0) is 17.9 Å². The number of carbonyl (C=O) groups excluding carboxylic acids is 1. The van der Waals surface area contributed by atoms with Gasteiger partial charge >= 0.3 is 6.09 Å². The zero-order chi connectivity index (χ0) is 34.3. The fourth-order valence-corrected chi connectivity index (χ4v) is 4.91. The van der Waals surface area contributed by atoms with E-state index in [1.165, 1.54) is 26.6 Å². The molecule has 0 unspecified atom stereocenters. The number of hydrogen-bond donors (Lipinski definition) is 1. The molecule has 15 heteroatoms. The van der Waals surface area contributed by atoms with E-state index in [1.807, 2.05) is 51.2 Å². The van der Waals surface area contributed by atoms with Gasteiger partial charge in [0, 0.05) is 56.4 Å². The van der Waals surface area contributed by atoms with Crippen molar-refractivity contribution in [3.8, 4) is 23.0 Å². The summed E-state index contributed by atoms with van der Waals surface area (Å²) in [5.41, 5.74) is 0.637. The number of carbonyl (C=O) groups is 1. The molecule has 0 spiro atoms. The zero-order valence-electron chi connectivity index (χ0n) is 27.5. The van der Waals surface area contributed by atoms with Crippen LogP contribution >= 0.6 is 0 Å². The van der Waals surface area contributed by atoms with E-state index in [-0.39, 0.29) is 34.9 Å². The van der Waals surface area contributed by atoms with E-state index in [4.69, 9.17) is 23.7 Å². The van der Waals surface area contributed by atoms with Crippen LogP contribution in [-0.4, -0.2) is 83.3 Å². The van der Waals surface area contributed by atoms with Gasteiger partial charge in [-0.1, -0.05) is 0 Å². The van der Waals surface area contributed by atoms with Crippen molar-refractivity contribution in [1.29, 1.82) is 0 Å². The number of nitrogens with one attached hydrogen (secondary N) is 1. The standard InChI is InChI=1S/C33H39F2N7O6/c1-33(2,3)48-32(43)41-13-11-40(12-14-41)25-8-7-22(17-26(25)46-16-15-42-10-6-9-38-42)39-31-36-19-23(20-37-31)47-21-24-29(34)27(44-4)18-28(45-5)30(24)35/h6-10,17-20H,11-16,21H2,1-5H3,(H,36,37,39). The van der Waals surface area contributed by atoms with E-state index >= 15 is 0 Å². The van der Waals surface area contributed by atoms with Crippen molar-refractivity contribution >= 4 is 23.4 Å². The van der Waals surface area contributed by atoms with Crippen LogP contribution in [0.25, 0.3) is 0 Å². The van der Waals surface area contributed by atoms with Crippen LogP contribution in [0.2, 0.25) is 0 Å². The minimum atomic E-state index is -0.883. The minimum absolute atomic E-state index is 0.165. The Morgan fingerprint density at radius 2 is 1.62 bits per heavy atom. The third kappa shape index (κ3) is 8.52. The third-order valence-corrected chi connectivity index (χ3v) is 7.30. The molecule has 0 saturated carbocycles. The van der Waals surface area contributed by atoms with Crippen molar-refractivity contribution in [3.05, 3.63) is 72.3 Å². The predicted molar refractivity (Wildman–Crippen MR) is 173 cm³/mol. The molecule has 1 aliphatic heterocycles. The lowest BCUT2D eigenvalue weighted by atomic mass is 10.1. The summed E-state index contributed by atoms with van der Waals surface area (Å²) in [4.78, 5) is 25.0. The second-order valence-electron chi connectivity index (χ2n) is 11.8. The lowest BCUT2D eigenvalue weighted by molar-refractivity contribution is 0.0240. The van der Waals surface area contributed by atoms with E-state index in [2.05, 4.69) is 25.3 Å². The first-order valence-electron chi connectivity index (χ1n) is 15.3. The van der Waals surface area contributed by atoms with E-state index in [0.29, 0.717) is 50.8 Å². The molecule has 13 nitrogen and oxygen atoms in total. The molecule has 3 heterocycles. The summed E-state index contributed by atoms with van der Waals surface area (Å²) < 4.78 is 58.5. The number of nitrogens with zero attached hydrogens (tertiary/aromatic N) is 6. The maximum Gasteiger partial charge on any atom is 0.410 e. The average molecular weight is 668 g/mol. The molecule has 1 N–H and O–H groups in total. The van der Waals surface area contributed by atoms with E-state index in [9.17, 15) is 13.6 Å². The van der Waals surface area contributed by atoms with Crippen molar-refractivity contribution in [2.75, 3.05) is 57.2 Å². The van der Waals surface area contributed by atoms with E-state index in [0.717, 1.165) is 11.8 Å². The molecular formula is C33H39F2N7O6. The quantitative estimate of drug-likeness (QED) is 0.208. The van der Waals surface area contributed by atoms with Crippen molar-refractivity contribution in [2.24, 2.45) is 0 Å². The lowest BCUT2D eigenvalue weighted by Crippen LogP contribution is -2.50. The summed E-state index contributed by atoms with van der Waals surface area (Å²) in [6.07, 6.45) is 6.03. The summed E-state index contributed by atoms with van der Waals surface area (Å²) in [5.74, 6) is -0.996. The first-order valence-corrected chi connectivity index (χ1v) is 15.3. The number of aromatic nitrogens is 4. The number of halogens is 2. The third-order valence-electron chi connectivity index (χ3n) is 7.30. The molecule has 2 aromatic carbocycles. The number of piperazine rings is 1. The summed E-state index contributed by atoms with van der Waals surface area (Å²) in [5, 5.41) is 7.39. The molecule has 48 heavy (non-hydrogen) atoms. The number of benzene rings is 2. The fraction of sp³-hybridized carbons (Fsp3) is 0.394. The van der Waals surface area contributed by atoms with Gasteiger partial charge in [0.1, 0.15) is 24.6 Å². The van der Waals surface area contributed by atoms with Crippen molar-refractivity contribution in [3.63, 3.8) is 0 Å². The molecule has 1 amide bonds. The molecule has 1 fully saturated rings. The smallest absolute Gasteiger partial charge is 0.410 e. The van der Waals surface area contributed by atoms with Gasteiger partial charge in [0.2, 0.25) is 5.95 Å². The van der Waals surface area contributed by atoms with Crippen LogP contribution in [0.4, 0.5) is 30.9 Å². The molecule has 256 valence electrons. The van der Waals surface area contributed by atoms with Crippen molar-refractivity contribution in [2.45, 2.75) is 39.5 Å². The molecule has 2 aromatic heterocycles. The van der Waals surface area contributed by atoms with Crippen molar-refractivity contribution in [1.82, 2.24) is 24.6 Å². The number of anilines is 3. The molecule has 0 bridgehead atoms. The van der Waals surface area contributed by atoms with Crippen LogP contribution in [0.15, 0.2) is 55.1 Å². The Bertz CT molecular complexity index is 1650. The van der Waals surface area contributed by atoms with E-state index < -0.39 is 23.8 Å². The maximum atomic E-state index is 14.7. The maximum absolute atomic E-state index is 14.7. The highest BCUT2D eigenvalue weighted by Gasteiger charge is 2.27. The largest absolute Gasteiger partial charge is 0.494 e. The SMILES string of the molecule is COc1cc(OC)c(F)c(COc2cnc(Nc3ccc(N4CCN(C(=O)OC(C)(C)C)CC4)c(OCCn4cccn4)c3)nc2)c1F. The number of amides is 1. The fourth-order valence-electron chi connectivity index (χ4n) is 4.91. The van der Waals surface area contributed by atoms with Gasteiger partial charge in [0.15, 0.2) is 28.9 Å². The number of rotatable bonds is 12. The summed E-state index contributed by atoms with van der Waals surface area (Å²) >= 11 is 0. The van der Waals surface area contributed by atoms with Gasteiger partial charge in [0.25, 0.3) is 0 Å². The Morgan fingerprint density at radius 3 is 2.23 bits per heavy atom. The number of ether oxygens (including phenoxy) is 5. The van der Waals surface area contributed by atoms with Gasteiger partial charge in [-0.3, -0.25) is 4.68 Å². The molecule has 4 aromatic rings. The van der Waals surface area contributed by atoms with Gasteiger partial charge in [0.05, 0.1) is 44.4 Å². The topological polar surface area (TPSA) is 125 Å². The molecule has 0 radical (unpaired) electrons. The molecule has 0 aliphatic carbocycles. The highest BCUT2D eigenvalue weighted by atomic mass is 19.1. The van der Waals surface area contributed by atoms with E-state index in [1.54, 1.807) is 15.8 Å². The molecule has 0 atom stereocenters. The highest BCUT2D eigenvalue weighted by molar-refractivity contribution is 5.70. The first kappa shape index (κ1) is 34.0. The van der Waals surface area contributed by atoms with Crippen LogP contribution in [0.3, 0.4) is 0 Å². The van der Waals surface area contributed by atoms with Crippen LogP contribution in [0.5, 0.6) is 23.0 Å². The van der Waals surface area contributed by atoms with Crippen LogP contribution < -0.4 is 29.2 Å². The van der Waals surface area contributed by atoms with Gasteiger partial charge in [-0.2, -0.15) is 5.10 Å². The van der Waals surface area contributed by atoms with Crippen LogP contribution in [0.1, 0.15) is 26.3 Å². The summed E-state index contributed by atoms with van der Waals surface area (Å²) in [6, 6.07) is 8.66. The first-order chi connectivity index (χ1) is 23.0. The Labute approximate surface area is 277 Å². The highest BCUT2D eigenvalue weighted by Crippen LogP contribution is 2.34. The molecular weight excluding hydrogens is 628 g/mol. The Morgan fingerprint density at radius 1 is 0.938 bits per heavy atom. The molecule has 5 rings (SSSR count). The second-order valence-corrected chi connectivity index (χ2v) is 11.8. The van der Waals surface area contributed by atoms with Gasteiger partial charge in [-0.15, -0.1) is 0 Å². The summed E-state index contributed by atoms with van der Waals surface area (Å²) in [6.45, 7) is 8.26.